The van der Waals surface area contributed by atoms with E-state index in [4.69, 9.17) is 11.6 Å². The van der Waals surface area contributed by atoms with Crippen molar-refractivity contribution >= 4 is 28.4 Å². The molecule has 1 saturated heterocycles. The van der Waals surface area contributed by atoms with Gasteiger partial charge in [0, 0.05) is 35.2 Å². The van der Waals surface area contributed by atoms with Crippen LogP contribution >= 0.6 is 11.6 Å². The van der Waals surface area contributed by atoms with E-state index in [1.807, 2.05) is 23.1 Å². The Hall–Kier alpha value is -1.48. The molecule has 1 aromatic carbocycles. The van der Waals surface area contributed by atoms with Gasteiger partial charge in [0.05, 0.1) is 5.56 Å². The third-order valence-corrected chi connectivity index (χ3v) is 3.50. The number of halogens is 1. The van der Waals surface area contributed by atoms with Gasteiger partial charge in [0.25, 0.3) is 5.91 Å². The van der Waals surface area contributed by atoms with E-state index in [0.717, 1.165) is 42.4 Å². The maximum absolute atomic E-state index is 12.3. The number of aromatic amines is 1. The van der Waals surface area contributed by atoms with Crippen LogP contribution in [0, 0.1) is 0 Å². The predicted octanol–water partition coefficient (Wildman–Crippen LogP) is 3.06. The number of rotatable bonds is 1. The van der Waals surface area contributed by atoms with Crippen LogP contribution < -0.4 is 0 Å². The zero-order chi connectivity index (χ0) is 11.8. The van der Waals surface area contributed by atoms with Gasteiger partial charge in [0.15, 0.2) is 0 Å². The number of carbonyl (C=O) groups is 1. The van der Waals surface area contributed by atoms with Crippen LogP contribution in [0.3, 0.4) is 0 Å². The predicted molar refractivity (Wildman–Crippen MR) is 68.4 cm³/mol. The van der Waals surface area contributed by atoms with E-state index in [1.165, 1.54) is 0 Å². The average molecular weight is 249 g/mol. The van der Waals surface area contributed by atoms with Crippen LogP contribution in [0.15, 0.2) is 24.4 Å². The molecule has 1 fully saturated rings. The zero-order valence-electron chi connectivity index (χ0n) is 9.37. The molecule has 0 unspecified atom stereocenters. The molecule has 1 N–H and O–H groups in total. The highest BCUT2D eigenvalue weighted by molar-refractivity contribution is 6.31. The van der Waals surface area contributed by atoms with E-state index in [0.29, 0.717) is 5.02 Å². The Kier molecular flexibility index (Phi) is 2.56. The van der Waals surface area contributed by atoms with Gasteiger partial charge in [-0.1, -0.05) is 17.7 Å². The number of likely N-dealkylation sites (tertiary alicyclic amines) is 1. The topological polar surface area (TPSA) is 36.1 Å². The van der Waals surface area contributed by atoms with Crippen LogP contribution in [0.2, 0.25) is 5.02 Å². The number of H-pyrrole nitrogens is 1. The van der Waals surface area contributed by atoms with Gasteiger partial charge >= 0.3 is 0 Å². The standard InChI is InChI=1S/C13H13ClN2O/c14-9-3-4-10-11(8-15-12(10)7-9)13(17)16-5-1-2-6-16/h3-4,7-8,15H,1-2,5-6H2. The Bertz CT molecular complexity index is 570. The maximum atomic E-state index is 12.3. The highest BCUT2D eigenvalue weighted by atomic mass is 35.5. The number of hydrogen-bond donors (Lipinski definition) is 1. The van der Waals surface area contributed by atoms with Crippen LogP contribution in [-0.4, -0.2) is 28.9 Å². The van der Waals surface area contributed by atoms with Crippen molar-refractivity contribution in [2.45, 2.75) is 12.8 Å². The van der Waals surface area contributed by atoms with Crippen LogP contribution in [0.5, 0.6) is 0 Å². The fourth-order valence-electron chi connectivity index (χ4n) is 2.37. The van der Waals surface area contributed by atoms with Crippen LogP contribution in [-0.2, 0) is 0 Å². The molecule has 0 radical (unpaired) electrons. The summed E-state index contributed by atoms with van der Waals surface area (Å²) in [5.41, 5.74) is 1.67. The summed E-state index contributed by atoms with van der Waals surface area (Å²) in [5, 5.41) is 1.63. The minimum absolute atomic E-state index is 0.121. The molecule has 0 saturated carbocycles. The Labute approximate surface area is 104 Å². The van der Waals surface area contributed by atoms with Crippen molar-refractivity contribution in [3.05, 3.63) is 35.0 Å². The largest absolute Gasteiger partial charge is 0.360 e. The number of nitrogens with one attached hydrogen (secondary N) is 1. The fraction of sp³-hybridized carbons (Fsp3) is 0.308. The first kappa shape index (κ1) is 10.7. The molecule has 0 aliphatic carbocycles. The smallest absolute Gasteiger partial charge is 0.256 e. The second kappa shape index (κ2) is 4.08. The lowest BCUT2D eigenvalue weighted by molar-refractivity contribution is 0.0795. The lowest BCUT2D eigenvalue weighted by atomic mass is 10.1. The Morgan fingerprint density at radius 2 is 2.06 bits per heavy atom. The molecule has 4 heteroatoms. The van der Waals surface area contributed by atoms with E-state index in [9.17, 15) is 4.79 Å². The van der Waals surface area contributed by atoms with Gasteiger partial charge in [-0.15, -0.1) is 0 Å². The summed E-state index contributed by atoms with van der Waals surface area (Å²) in [6.07, 6.45) is 4.00. The first-order chi connectivity index (χ1) is 8.25. The van der Waals surface area contributed by atoms with E-state index in [2.05, 4.69) is 4.98 Å². The molecule has 0 atom stereocenters. The SMILES string of the molecule is O=C(c1c[nH]c2cc(Cl)ccc12)N1CCCC1. The van der Waals surface area contributed by atoms with Crippen LogP contribution in [0.1, 0.15) is 23.2 Å². The fourth-order valence-corrected chi connectivity index (χ4v) is 2.54. The molecular formula is C13H13ClN2O. The number of aromatic nitrogens is 1. The molecule has 3 nitrogen and oxygen atoms in total. The second-order valence-electron chi connectivity index (χ2n) is 4.39. The van der Waals surface area contributed by atoms with Crippen LogP contribution in [0.25, 0.3) is 10.9 Å². The average Bonchev–Trinajstić information content (AvgIpc) is 2.96. The highest BCUT2D eigenvalue weighted by Crippen LogP contribution is 2.24. The molecule has 2 heterocycles. The Morgan fingerprint density at radius 1 is 1.29 bits per heavy atom. The summed E-state index contributed by atoms with van der Waals surface area (Å²) in [7, 11) is 0. The van der Waals surface area contributed by atoms with Gasteiger partial charge in [0.2, 0.25) is 0 Å². The Balaban J connectivity index is 2.02. The molecular weight excluding hydrogens is 236 g/mol. The lowest BCUT2D eigenvalue weighted by Crippen LogP contribution is -2.27. The third-order valence-electron chi connectivity index (χ3n) is 3.27. The van der Waals surface area contributed by atoms with E-state index in [1.54, 1.807) is 6.20 Å². The number of hydrogen-bond acceptors (Lipinski definition) is 1. The summed E-state index contributed by atoms with van der Waals surface area (Å²) < 4.78 is 0. The van der Waals surface area contributed by atoms with Crippen molar-refractivity contribution in [2.24, 2.45) is 0 Å². The molecule has 1 aliphatic rings. The van der Waals surface area contributed by atoms with E-state index < -0.39 is 0 Å². The van der Waals surface area contributed by atoms with Gasteiger partial charge in [-0.25, -0.2) is 0 Å². The molecule has 17 heavy (non-hydrogen) atoms. The van der Waals surface area contributed by atoms with E-state index >= 15 is 0 Å². The zero-order valence-corrected chi connectivity index (χ0v) is 10.1. The normalized spacial score (nSPS) is 15.7. The van der Waals surface area contributed by atoms with Gasteiger partial charge in [0.1, 0.15) is 0 Å². The number of carbonyl (C=O) groups excluding carboxylic acids is 1. The molecule has 0 spiro atoms. The molecule has 3 rings (SSSR count). The second-order valence-corrected chi connectivity index (χ2v) is 4.83. The molecule has 1 aromatic heterocycles. The third kappa shape index (κ3) is 1.80. The minimum Gasteiger partial charge on any atom is -0.360 e. The molecule has 2 aromatic rings. The van der Waals surface area contributed by atoms with Crippen molar-refractivity contribution in [1.82, 2.24) is 9.88 Å². The molecule has 1 amide bonds. The summed E-state index contributed by atoms with van der Waals surface area (Å²) in [6, 6.07) is 5.56. The van der Waals surface area contributed by atoms with Crippen LogP contribution in [0.4, 0.5) is 0 Å². The van der Waals surface area contributed by atoms with Crippen molar-refractivity contribution < 1.29 is 4.79 Å². The Morgan fingerprint density at radius 3 is 2.82 bits per heavy atom. The quantitative estimate of drug-likeness (QED) is 0.827. The van der Waals surface area contributed by atoms with Crippen molar-refractivity contribution in [3.8, 4) is 0 Å². The molecule has 88 valence electrons. The van der Waals surface area contributed by atoms with Gasteiger partial charge in [-0.05, 0) is 25.0 Å². The summed E-state index contributed by atoms with van der Waals surface area (Å²) in [6.45, 7) is 1.75. The van der Waals surface area contributed by atoms with Crippen molar-refractivity contribution in [1.29, 1.82) is 0 Å². The van der Waals surface area contributed by atoms with Crippen molar-refractivity contribution in [2.75, 3.05) is 13.1 Å². The summed E-state index contributed by atoms with van der Waals surface area (Å²) in [5.74, 6) is 0.121. The van der Waals surface area contributed by atoms with Gasteiger partial charge in [-0.2, -0.15) is 0 Å². The number of amides is 1. The molecule has 0 bridgehead atoms. The van der Waals surface area contributed by atoms with E-state index in [-0.39, 0.29) is 5.91 Å². The number of benzene rings is 1. The summed E-state index contributed by atoms with van der Waals surface area (Å²) in [4.78, 5) is 17.3. The minimum atomic E-state index is 0.121. The van der Waals surface area contributed by atoms with Crippen molar-refractivity contribution in [3.63, 3.8) is 0 Å². The lowest BCUT2D eigenvalue weighted by Gasteiger charge is -2.14. The summed E-state index contributed by atoms with van der Waals surface area (Å²) >= 11 is 5.92. The number of nitrogens with zero attached hydrogens (tertiary/aromatic N) is 1. The highest BCUT2D eigenvalue weighted by Gasteiger charge is 2.21. The first-order valence-electron chi connectivity index (χ1n) is 5.81. The first-order valence-corrected chi connectivity index (χ1v) is 6.19. The van der Waals surface area contributed by atoms with Gasteiger partial charge < -0.3 is 9.88 Å². The molecule has 1 aliphatic heterocycles. The number of fused-ring (bicyclic) bond motifs is 1. The van der Waals surface area contributed by atoms with Gasteiger partial charge in [-0.3, -0.25) is 4.79 Å². The maximum Gasteiger partial charge on any atom is 0.256 e. The monoisotopic (exact) mass is 248 g/mol.